The number of benzene rings is 1. The molecule has 0 aliphatic heterocycles. The van der Waals surface area contributed by atoms with Gasteiger partial charge in [-0.15, -0.1) is 0 Å². The van der Waals surface area contributed by atoms with E-state index in [4.69, 9.17) is 4.74 Å². The normalized spacial score (nSPS) is 12.9. The monoisotopic (exact) mass is 313 g/mol. The van der Waals surface area contributed by atoms with Gasteiger partial charge in [0.05, 0.1) is 29.1 Å². The van der Waals surface area contributed by atoms with Crippen molar-refractivity contribution in [1.29, 1.82) is 0 Å². The van der Waals surface area contributed by atoms with Crippen LogP contribution in [0.4, 0.5) is 5.69 Å². The van der Waals surface area contributed by atoms with Crippen LogP contribution in [0.25, 0.3) is 0 Å². The minimum absolute atomic E-state index is 0.0937. The highest BCUT2D eigenvalue weighted by Gasteiger charge is 2.19. The second-order valence-electron chi connectivity index (χ2n) is 5.24. The van der Waals surface area contributed by atoms with E-state index < -0.39 is 22.5 Å². The molecule has 0 aliphatic rings. The highest BCUT2D eigenvalue weighted by atomic mass is 32.2. The van der Waals surface area contributed by atoms with E-state index >= 15 is 0 Å². The fourth-order valence-corrected chi connectivity index (χ4v) is 2.14. The number of nitro benzene ring substituents is 1. The maximum absolute atomic E-state index is 11.1. The van der Waals surface area contributed by atoms with Gasteiger partial charge < -0.3 is 14.6 Å². The molecule has 0 unspecified atom stereocenters. The van der Waals surface area contributed by atoms with E-state index in [1.54, 1.807) is 32.9 Å². The predicted molar refractivity (Wildman–Crippen MR) is 76.6 cm³/mol. The number of rotatable bonds is 7. The zero-order valence-corrected chi connectivity index (χ0v) is 12.8. The van der Waals surface area contributed by atoms with Gasteiger partial charge in [-0.2, -0.15) is 0 Å². The van der Waals surface area contributed by atoms with Crippen LogP contribution in [0, 0.1) is 10.1 Å². The molecule has 0 bridgehead atoms. The van der Waals surface area contributed by atoms with Crippen molar-refractivity contribution in [3.05, 3.63) is 34.4 Å². The summed E-state index contributed by atoms with van der Waals surface area (Å²) in [5, 5.41) is 21.9. The highest BCUT2D eigenvalue weighted by Crippen LogP contribution is 2.26. The molecule has 1 aromatic carbocycles. The Morgan fingerprint density at radius 1 is 1.43 bits per heavy atom. The summed E-state index contributed by atoms with van der Waals surface area (Å²) in [5.41, 5.74) is -0.581. The first-order chi connectivity index (χ1) is 9.70. The summed E-state index contributed by atoms with van der Waals surface area (Å²) in [4.78, 5) is 21.7. The fraction of sp³-hybridized carbons (Fsp3) is 0.462. The average molecular weight is 313 g/mol. The Bertz CT molecular complexity index is 516. The van der Waals surface area contributed by atoms with E-state index in [1.165, 1.54) is 12.1 Å². The van der Waals surface area contributed by atoms with Crippen LogP contribution in [0.3, 0.4) is 0 Å². The quantitative estimate of drug-likeness (QED) is 0.457. The molecular formula is C13H17N2O5S-. The van der Waals surface area contributed by atoms with Gasteiger partial charge in [0, 0.05) is 6.07 Å². The molecule has 1 N–H and O–H groups in total. The standard InChI is InChI=1S/C13H18N2O5S/c1-13(2,3)20-8-9(12(16)17)14-21-11-7-5-4-6-10(11)15(18)19/h4-7,9,14H,8H2,1-3H3,(H,16,17)/p-1/t9-/m0/s1. The molecule has 1 rings (SSSR count). The number of nitrogens with zero attached hydrogens (tertiary/aromatic N) is 1. The van der Waals surface area contributed by atoms with Crippen molar-refractivity contribution in [2.75, 3.05) is 6.61 Å². The molecule has 21 heavy (non-hydrogen) atoms. The average Bonchev–Trinajstić information content (AvgIpc) is 2.37. The van der Waals surface area contributed by atoms with Crippen LogP contribution in [0.1, 0.15) is 20.8 Å². The van der Waals surface area contributed by atoms with E-state index in [1.807, 2.05) is 0 Å². The fourth-order valence-electron chi connectivity index (χ4n) is 1.31. The van der Waals surface area contributed by atoms with Crippen molar-refractivity contribution < 1.29 is 19.6 Å². The molecule has 0 spiro atoms. The van der Waals surface area contributed by atoms with Crippen LogP contribution in [0.5, 0.6) is 0 Å². The molecule has 0 amide bonds. The number of ether oxygens (including phenoxy) is 1. The number of carboxylic acids is 1. The summed E-state index contributed by atoms with van der Waals surface area (Å²) in [6, 6.07) is 4.99. The van der Waals surface area contributed by atoms with Gasteiger partial charge in [-0.1, -0.05) is 12.1 Å². The van der Waals surface area contributed by atoms with Crippen molar-refractivity contribution in [2.24, 2.45) is 0 Å². The Morgan fingerprint density at radius 2 is 2.05 bits per heavy atom. The number of hydrogen-bond acceptors (Lipinski definition) is 7. The van der Waals surface area contributed by atoms with Crippen LogP contribution >= 0.6 is 11.9 Å². The number of hydrogen-bond donors (Lipinski definition) is 1. The lowest BCUT2D eigenvalue weighted by atomic mass is 10.2. The van der Waals surface area contributed by atoms with E-state index in [-0.39, 0.29) is 12.3 Å². The van der Waals surface area contributed by atoms with Gasteiger partial charge in [-0.3, -0.25) is 10.1 Å². The Morgan fingerprint density at radius 3 is 2.57 bits per heavy atom. The van der Waals surface area contributed by atoms with E-state index in [9.17, 15) is 20.0 Å². The van der Waals surface area contributed by atoms with E-state index in [0.29, 0.717) is 4.90 Å². The molecule has 0 aromatic heterocycles. The van der Waals surface area contributed by atoms with Crippen molar-refractivity contribution in [3.63, 3.8) is 0 Å². The van der Waals surface area contributed by atoms with E-state index in [0.717, 1.165) is 11.9 Å². The molecule has 0 saturated heterocycles. The number of carbonyl (C=O) groups excluding carboxylic acids is 1. The highest BCUT2D eigenvalue weighted by molar-refractivity contribution is 7.97. The Labute approximate surface area is 127 Å². The molecule has 0 saturated carbocycles. The summed E-state index contributed by atoms with van der Waals surface area (Å²) < 4.78 is 8.02. The zero-order chi connectivity index (χ0) is 16.0. The molecule has 0 heterocycles. The van der Waals surface area contributed by atoms with Gasteiger partial charge in [-0.25, -0.2) is 4.72 Å². The van der Waals surface area contributed by atoms with Gasteiger partial charge >= 0.3 is 0 Å². The summed E-state index contributed by atoms with van der Waals surface area (Å²) in [5.74, 6) is -1.33. The van der Waals surface area contributed by atoms with E-state index in [2.05, 4.69) is 4.72 Å². The SMILES string of the molecule is CC(C)(C)OC[C@H](NSc1ccccc1[N+](=O)[O-])C(=O)[O-]. The third-order valence-corrected chi connectivity index (χ3v) is 3.31. The van der Waals surface area contributed by atoms with Crippen LogP contribution in [-0.4, -0.2) is 29.1 Å². The summed E-state index contributed by atoms with van der Waals surface area (Å²) in [6.07, 6.45) is 0. The second-order valence-corrected chi connectivity index (χ2v) is 6.12. The number of para-hydroxylation sites is 1. The van der Waals surface area contributed by atoms with Gasteiger partial charge in [0.2, 0.25) is 0 Å². The molecule has 116 valence electrons. The molecule has 0 aliphatic carbocycles. The maximum atomic E-state index is 11.1. The lowest BCUT2D eigenvalue weighted by Crippen LogP contribution is -2.47. The van der Waals surface area contributed by atoms with Gasteiger partial charge in [0.1, 0.15) is 4.90 Å². The second kappa shape index (κ2) is 7.39. The Balaban J connectivity index is 2.70. The number of carboxylic acid groups (broad SMARTS) is 1. The van der Waals surface area contributed by atoms with Crippen molar-refractivity contribution in [1.82, 2.24) is 4.72 Å². The van der Waals surface area contributed by atoms with Crippen molar-refractivity contribution in [3.8, 4) is 0 Å². The first kappa shape index (κ1) is 17.4. The third-order valence-electron chi connectivity index (χ3n) is 2.34. The molecule has 1 atom stereocenters. The molecule has 0 fully saturated rings. The van der Waals surface area contributed by atoms with Gasteiger partial charge in [-0.05, 0) is 38.8 Å². The van der Waals surface area contributed by atoms with Crippen molar-refractivity contribution in [2.45, 2.75) is 37.3 Å². The number of aliphatic carboxylic acids is 1. The third kappa shape index (κ3) is 6.11. The number of nitro groups is 1. The van der Waals surface area contributed by atoms with Crippen LogP contribution in [0.15, 0.2) is 29.2 Å². The Hall–Kier alpha value is -1.64. The van der Waals surface area contributed by atoms with Gasteiger partial charge in [0.25, 0.3) is 5.69 Å². The topological polar surface area (TPSA) is 105 Å². The molecule has 8 heteroatoms. The number of carbonyl (C=O) groups is 1. The summed E-state index contributed by atoms with van der Waals surface area (Å²) in [7, 11) is 0. The molecule has 1 aromatic rings. The van der Waals surface area contributed by atoms with Crippen LogP contribution in [0.2, 0.25) is 0 Å². The zero-order valence-electron chi connectivity index (χ0n) is 12.0. The minimum atomic E-state index is -1.33. The van der Waals surface area contributed by atoms with Crippen molar-refractivity contribution >= 4 is 23.6 Å². The van der Waals surface area contributed by atoms with Gasteiger partial charge in [0.15, 0.2) is 0 Å². The lowest BCUT2D eigenvalue weighted by Gasteiger charge is -2.25. The first-order valence-electron chi connectivity index (χ1n) is 6.21. The molecule has 0 radical (unpaired) electrons. The lowest BCUT2D eigenvalue weighted by molar-refractivity contribution is -0.387. The summed E-state index contributed by atoms with van der Waals surface area (Å²) in [6.45, 7) is 5.30. The largest absolute Gasteiger partial charge is 0.548 e. The molecular weight excluding hydrogens is 296 g/mol. The Kier molecular flexibility index (Phi) is 6.13. The van der Waals surface area contributed by atoms with Crippen LogP contribution in [-0.2, 0) is 9.53 Å². The minimum Gasteiger partial charge on any atom is -0.548 e. The maximum Gasteiger partial charge on any atom is 0.284 e. The number of nitrogens with one attached hydrogen (secondary N) is 1. The molecule has 7 nitrogen and oxygen atoms in total. The smallest absolute Gasteiger partial charge is 0.284 e. The summed E-state index contributed by atoms with van der Waals surface area (Å²) >= 11 is 0.870. The van der Waals surface area contributed by atoms with Crippen LogP contribution < -0.4 is 9.83 Å². The first-order valence-corrected chi connectivity index (χ1v) is 7.03. The predicted octanol–water partition coefficient (Wildman–Crippen LogP) is 1.13.